The van der Waals surface area contributed by atoms with Crippen LogP contribution in [0.5, 0.6) is 0 Å². The number of carbonyl (C=O) groups excluding carboxylic acids is 1. The lowest BCUT2D eigenvalue weighted by atomic mass is 9.97. The molecule has 2 aromatic heterocycles. The number of carbonyl (C=O) groups is 1. The number of ketones is 1. The molecular formula is C26H21FN6O. The van der Waals surface area contributed by atoms with Gasteiger partial charge in [0.1, 0.15) is 11.6 Å². The highest BCUT2D eigenvalue weighted by atomic mass is 19.1. The molecule has 0 spiro atoms. The Kier molecular flexibility index (Phi) is 4.81. The highest BCUT2D eigenvalue weighted by Gasteiger charge is 2.34. The van der Waals surface area contributed by atoms with Gasteiger partial charge in [-0.15, -0.1) is 0 Å². The zero-order chi connectivity index (χ0) is 23.2. The van der Waals surface area contributed by atoms with E-state index in [0.717, 1.165) is 48.7 Å². The summed E-state index contributed by atoms with van der Waals surface area (Å²) in [5.74, 6) is 0.452. The number of halogens is 1. The molecule has 2 aromatic carbocycles. The SMILES string of the molecule is Nc1nc(-c2ccc(F)cc2)c2c(n1)-c1c(cccc1-c1ccc(N3CCNCC3)nc1)C2=O. The van der Waals surface area contributed by atoms with Gasteiger partial charge in [-0.05, 0) is 42.0 Å². The van der Waals surface area contributed by atoms with Crippen molar-refractivity contribution in [1.29, 1.82) is 0 Å². The lowest BCUT2D eigenvalue weighted by Crippen LogP contribution is -2.43. The number of fused-ring (bicyclic) bond motifs is 3. The fourth-order valence-electron chi connectivity index (χ4n) is 4.69. The van der Waals surface area contributed by atoms with Crippen LogP contribution in [0, 0.1) is 5.82 Å². The van der Waals surface area contributed by atoms with Gasteiger partial charge in [0.2, 0.25) is 5.95 Å². The first-order chi connectivity index (χ1) is 16.6. The highest BCUT2D eigenvalue weighted by Crippen LogP contribution is 2.44. The zero-order valence-electron chi connectivity index (χ0n) is 18.3. The van der Waals surface area contributed by atoms with Crippen LogP contribution in [0.3, 0.4) is 0 Å². The molecule has 0 unspecified atom stereocenters. The molecule has 0 amide bonds. The van der Waals surface area contributed by atoms with E-state index in [9.17, 15) is 9.18 Å². The molecule has 4 aromatic rings. The Balaban J connectivity index is 1.47. The summed E-state index contributed by atoms with van der Waals surface area (Å²) in [6.07, 6.45) is 1.83. The number of nitrogens with zero attached hydrogens (tertiary/aromatic N) is 4. The van der Waals surface area contributed by atoms with Crippen LogP contribution in [-0.4, -0.2) is 46.9 Å². The van der Waals surface area contributed by atoms with Crippen LogP contribution < -0.4 is 16.0 Å². The second-order valence-corrected chi connectivity index (χ2v) is 8.36. The molecule has 8 heteroatoms. The maximum atomic E-state index is 13.5. The summed E-state index contributed by atoms with van der Waals surface area (Å²) in [7, 11) is 0. The number of hydrogen-bond donors (Lipinski definition) is 2. The van der Waals surface area contributed by atoms with Crippen molar-refractivity contribution in [2.24, 2.45) is 0 Å². The molecule has 0 saturated carbocycles. The zero-order valence-corrected chi connectivity index (χ0v) is 18.3. The number of piperazine rings is 1. The van der Waals surface area contributed by atoms with Crippen LogP contribution >= 0.6 is 0 Å². The van der Waals surface area contributed by atoms with Crippen molar-refractivity contribution in [2.75, 3.05) is 36.8 Å². The van der Waals surface area contributed by atoms with Crippen LogP contribution in [0.15, 0.2) is 60.8 Å². The van der Waals surface area contributed by atoms with Crippen molar-refractivity contribution in [3.8, 4) is 33.6 Å². The predicted octanol–water partition coefficient (Wildman–Crippen LogP) is 3.55. The van der Waals surface area contributed by atoms with Gasteiger partial charge in [-0.25, -0.2) is 19.3 Å². The van der Waals surface area contributed by atoms with Crippen molar-refractivity contribution >= 4 is 17.5 Å². The van der Waals surface area contributed by atoms with Gasteiger partial charge in [0.05, 0.1) is 17.0 Å². The number of pyridine rings is 1. The van der Waals surface area contributed by atoms with Gasteiger partial charge in [-0.1, -0.05) is 18.2 Å². The summed E-state index contributed by atoms with van der Waals surface area (Å²) < 4.78 is 13.5. The summed E-state index contributed by atoms with van der Waals surface area (Å²) in [5.41, 5.74) is 11.0. The van der Waals surface area contributed by atoms with E-state index < -0.39 is 0 Å². The fraction of sp³-hybridized carbons (Fsp3) is 0.154. The summed E-state index contributed by atoms with van der Waals surface area (Å²) in [5, 5.41) is 3.34. The van der Waals surface area contributed by atoms with Crippen LogP contribution in [0.2, 0.25) is 0 Å². The second kappa shape index (κ2) is 8.00. The maximum Gasteiger partial charge on any atom is 0.221 e. The van der Waals surface area contributed by atoms with Crippen LogP contribution in [0.25, 0.3) is 33.6 Å². The molecule has 168 valence electrons. The van der Waals surface area contributed by atoms with E-state index in [0.29, 0.717) is 28.1 Å². The number of hydrogen-bond acceptors (Lipinski definition) is 7. The van der Waals surface area contributed by atoms with Gasteiger partial charge in [-0.2, -0.15) is 0 Å². The third kappa shape index (κ3) is 3.31. The highest BCUT2D eigenvalue weighted by molar-refractivity contribution is 6.25. The maximum absolute atomic E-state index is 13.5. The summed E-state index contributed by atoms with van der Waals surface area (Å²) in [6, 6.07) is 15.5. The Bertz CT molecular complexity index is 1410. The molecule has 0 radical (unpaired) electrons. The third-order valence-electron chi connectivity index (χ3n) is 6.32. The van der Waals surface area contributed by atoms with Gasteiger partial charge in [0.15, 0.2) is 5.78 Å². The monoisotopic (exact) mass is 452 g/mol. The lowest BCUT2D eigenvalue weighted by molar-refractivity contribution is 0.104. The molecule has 3 heterocycles. The van der Waals surface area contributed by atoms with Crippen LogP contribution in [0.4, 0.5) is 16.2 Å². The minimum Gasteiger partial charge on any atom is -0.368 e. The van der Waals surface area contributed by atoms with E-state index in [2.05, 4.69) is 20.2 Å². The quantitative estimate of drug-likeness (QED) is 0.432. The first kappa shape index (κ1) is 20.4. The second-order valence-electron chi connectivity index (χ2n) is 8.36. The first-order valence-electron chi connectivity index (χ1n) is 11.1. The van der Waals surface area contributed by atoms with E-state index in [-0.39, 0.29) is 17.5 Å². The molecule has 7 nitrogen and oxygen atoms in total. The van der Waals surface area contributed by atoms with Gasteiger partial charge in [0, 0.05) is 54.6 Å². The van der Waals surface area contributed by atoms with Gasteiger partial charge < -0.3 is 16.0 Å². The Morgan fingerprint density at radius 1 is 0.853 bits per heavy atom. The first-order valence-corrected chi connectivity index (χ1v) is 11.1. The van der Waals surface area contributed by atoms with Gasteiger partial charge in [-0.3, -0.25) is 4.79 Å². The molecular weight excluding hydrogens is 431 g/mol. The summed E-state index contributed by atoms with van der Waals surface area (Å²) in [6.45, 7) is 3.70. The van der Waals surface area contributed by atoms with E-state index >= 15 is 0 Å². The van der Waals surface area contributed by atoms with Crippen molar-refractivity contribution in [3.05, 3.63) is 77.7 Å². The van der Waals surface area contributed by atoms with E-state index in [1.165, 1.54) is 12.1 Å². The molecule has 3 N–H and O–H groups in total. The Labute approximate surface area is 195 Å². The number of nitrogen functional groups attached to an aromatic ring is 1. The molecule has 1 aliphatic carbocycles. The number of anilines is 2. The number of benzene rings is 2. The molecule has 1 fully saturated rings. The fourth-order valence-corrected chi connectivity index (χ4v) is 4.69. The van der Waals surface area contributed by atoms with E-state index in [1.807, 2.05) is 30.5 Å². The van der Waals surface area contributed by atoms with E-state index in [4.69, 9.17) is 10.7 Å². The molecule has 34 heavy (non-hydrogen) atoms. The van der Waals surface area contributed by atoms with Crippen molar-refractivity contribution in [1.82, 2.24) is 20.3 Å². The van der Waals surface area contributed by atoms with Crippen LogP contribution in [-0.2, 0) is 0 Å². The lowest BCUT2D eigenvalue weighted by Gasteiger charge is -2.28. The topological polar surface area (TPSA) is 97.0 Å². The minimum absolute atomic E-state index is 0.0562. The normalized spacial score (nSPS) is 14.7. The van der Waals surface area contributed by atoms with Crippen molar-refractivity contribution in [3.63, 3.8) is 0 Å². The third-order valence-corrected chi connectivity index (χ3v) is 6.32. The standard InChI is InChI=1S/C26H21FN6O/c27-17-7-4-15(5-8-17)23-22-24(32-26(28)31-23)21-18(2-1-3-19(21)25(22)34)16-6-9-20(30-14-16)33-12-10-29-11-13-33/h1-9,14,29H,10-13H2,(H2,28,31,32). The summed E-state index contributed by atoms with van der Waals surface area (Å²) >= 11 is 0. The molecule has 0 bridgehead atoms. The molecule has 1 aliphatic heterocycles. The Hall–Kier alpha value is -4.17. The van der Waals surface area contributed by atoms with Crippen molar-refractivity contribution in [2.45, 2.75) is 0 Å². The summed E-state index contributed by atoms with van der Waals surface area (Å²) in [4.78, 5) is 29.2. The largest absolute Gasteiger partial charge is 0.368 e. The van der Waals surface area contributed by atoms with Crippen LogP contribution in [0.1, 0.15) is 15.9 Å². The molecule has 1 saturated heterocycles. The number of rotatable bonds is 3. The number of nitrogens with one attached hydrogen (secondary N) is 1. The van der Waals surface area contributed by atoms with Crippen molar-refractivity contribution < 1.29 is 9.18 Å². The minimum atomic E-state index is -0.365. The Morgan fingerprint density at radius 3 is 2.29 bits per heavy atom. The average Bonchev–Trinajstić information content (AvgIpc) is 3.16. The molecule has 6 rings (SSSR count). The Morgan fingerprint density at radius 2 is 1.56 bits per heavy atom. The number of aromatic nitrogens is 3. The van der Waals surface area contributed by atoms with Gasteiger partial charge >= 0.3 is 0 Å². The average molecular weight is 452 g/mol. The van der Waals surface area contributed by atoms with E-state index in [1.54, 1.807) is 18.2 Å². The van der Waals surface area contributed by atoms with Gasteiger partial charge in [0.25, 0.3) is 0 Å². The molecule has 0 atom stereocenters. The molecule has 2 aliphatic rings. The predicted molar refractivity (Wildman–Crippen MR) is 129 cm³/mol. The smallest absolute Gasteiger partial charge is 0.221 e. The number of nitrogens with two attached hydrogens (primary N) is 1.